The number of methoxy groups -OCH3 is 1. The molecule has 6 nitrogen and oxygen atoms in total. The Morgan fingerprint density at radius 2 is 1.64 bits per heavy atom. The molecule has 0 saturated heterocycles. The zero-order chi connectivity index (χ0) is 20.1. The van der Waals surface area contributed by atoms with Gasteiger partial charge in [0.25, 0.3) is 6.10 Å². The summed E-state index contributed by atoms with van der Waals surface area (Å²) in [6.07, 6.45) is -8.17. The van der Waals surface area contributed by atoms with Crippen LogP contribution < -0.4 is 0 Å². The van der Waals surface area contributed by atoms with Gasteiger partial charge in [0.15, 0.2) is 0 Å². The van der Waals surface area contributed by atoms with Gasteiger partial charge in [-0.15, -0.1) is 0 Å². The number of hydrogen-bond donors (Lipinski definition) is 1. The van der Waals surface area contributed by atoms with Gasteiger partial charge in [-0.1, -0.05) is 13.8 Å². The van der Waals surface area contributed by atoms with Crippen LogP contribution in [0.15, 0.2) is 12.3 Å². The molecule has 1 N–H and O–H groups in total. The molecule has 0 aromatic heterocycles. The Labute approximate surface area is 141 Å². The summed E-state index contributed by atoms with van der Waals surface area (Å²) in [5.74, 6) is -1.66. The van der Waals surface area contributed by atoms with E-state index < -0.39 is 39.0 Å². The van der Waals surface area contributed by atoms with E-state index in [4.69, 9.17) is 4.55 Å². The van der Waals surface area contributed by atoms with Crippen molar-refractivity contribution in [3.8, 4) is 0 Å². The number of carbonyl (C=O) groups is 1. The third-order valence-corrected chi connectivity index (χ3v) is 4.60. The summed E-state index contributed by atoms with van der Waals surface area (Å²) in [5, 5.41) is -5.75. The van der Waals surface area contributed by atoms with Crippen molar-refractivity contribution in [2.24, 2.45) is 5.41 Å². The molecule has 1 unspecified atom stereocenters. The molecular formula is C13H19F5O6S. The number of esters is 1. The van der Waals surface area contributed by atoms with Crippen molar-refractivity contribution >= 4 is 16.1 Å². The molecule has 0 aromatic carbocycles. The lowest BCUT2D eigenvalue weighted by molar-refractivity contribution is -0.263. The lowest BCUT2D eigenvalue weighted by atomic mass is 9.79. The fraction of sp³-hybridized carbons (Fsp3) is 0.769. The minimum absolute atomic E-state index is 0.0710. The van der Waals surface area contributed by atoms with Crippen molar-refractivity contribution in [3.63, 3.8) is 0 Å². The number of halogens is 5. The van der Waals surface area contributed by atoms with Crippen LogP contribution in [0.2, 0.25) is 0 Å². The summed E-state index contributed by atoms with van der Waals surface area (Å²) >= 11 is 0. The molecule has 0 aliphatic carbocycles. The quantitative estimate of drug-likeness (QED) is 0.277. The van der Waals surface area contributed by atoms with Gasteiger partial charge in [-0.2, -0.15) is 30.4 Å². The molecule has 0 aliphatic heterocycles. The first-order valence-corrected chi connectivity index (χ1v) is 8.44. The van der Waals surface area contributed by atoms with Gasteiger partial charge < -0.3 is 9.47 Å². The van der Waals surface area contributed by atoms with Gasteiger partial charge in [0.2, 0.25) is 0 Å². The highest BCUT2D eigenvalue weighted by Gasteiger charge is 2.66. The number of carbonyl (C=O) groups excluding carboxylic acids is 1. The SMILES string of the molecule is CCC(CC)(C/C=C/OC)C(=O)OC(C(F)(F)F)C(F)(F)S(=O)(=O)O. The summed E-state index contributed by atoms with van der Waals surface area (Å²) < 4.78 is 104. The van der Waals surface area contributed by atoms with E-state index in [2.05, 4.69) is 9.47 Å². The Hall–Kier alpha value is -1.43. The minimum atomic E-state index is -6.47. The predicted molar refractivity (Wildman–Crippen MR) is 76.2 cm³/mol. The van der Waals surface area contributed by atoms with Gasteiger partial charge in [-0.05, 0) is 25.3 Å². The van der Waals surface area contributed by atoms with Gasteiger partial charge in [0, 0.05) is 0 Å². The van der Waals surface area contributed by atoms with Crippen molar-refractivity contribution in [1.29, 1.82) is 0 Å². The van der Waals surface area contributed by atoms with E-state index in [1.165, 1.54) is 27.0 Å². The van der Waals surface area contributed by atoms with Crippen LogP contribution in [-0.4, -0.2) is 43.6 Å². The molecule has 0 heterocycles. The maximum atomic E-state index is 13.5. The second-order valence-corrected chi connectivity index (χ2v) is 6.66. The molecule has 0 aromatic rings. The van der Waals surface area contributed by atoms with Gasteiger partial charge in [0.05, 0.1) is 18.8 Å². The largest absolute Gasteiger partial charge is 0.505 e. The molecule has 0 bridgehead atoms. The summed E-state index contributed by atoms with van der Waals surface area (Å²) in [6.45, 7) is 2.85. The highest BCUT2D eigenvalue weighted by atomic mass is 32.2. The average molecular weight is 398 g/mol. The van der Waals surface area contributed by atoms with E-state index in [1.807, 2.05) is 0 Å². The van der Waals surface area contributed by atoms with Crippen molar-refractivity contribution in [2.75, 3.05) is 7.11 Å². The Morgan fingerprint density at radius 3 is 1.96 bits per heavy atom. The van der Waals surface area contributed by atoms with E-state index in [9.17, 15) is 35.2 Å². The van der Waals surface area contributed by atoms with E-state index >= 15 is 0 Å². The van der Waals surface area contributed by atoms with Gasteiger partial charge in [-0.25, -0.2) is 0 Å². The van der Waals surface area contributed by atoms with Crippen LogP contribution in [0.5, 0.6) is 0 Å². The van der Waals surface area contributed by atoms with E-state index in [0.29, 0.717) is 0 Å². The first kappa shape index (κ1) is 23.6. The average Bonchev–Trinajstić information content (AvgIpc) is 2.47. The molecular weight excluding hydrogens is 379 g/mol. The number of ether oxygens (including phenoxy) is 2. The summed E-state index contributed by atoms with van der Waals surface area (Å²) in [6, 6.07) is 0. The van der Waals surface area contributed by atoms with Crippen molar-refractivity contribution in [3.05, 3.63) is 12.3 Å². The standard InChI is InChI=1S/C13H19F5O6S/c1-4-11(5-2,7-6-8-23-3)10(19)24-9(12(14,15)16)13(17,18)25(20,21)22/h6,8-9H,4-5,7H2,1-3H3,(H,20,21,22)/b8-6+. The Kier molecular flexibility index (Phi) is 7.82. The molecule has 0 radical (unpaired) electrons. The first-order valence-electron chi connectivity index (χ1n) is 7.00. The maximum Gasteiger partial charge on any atom is 0.432 e. The third-order valence-electron chi connectivity index (χ3n) is 3.70. The number of allylic oxidation sites excluding steroid dienone is 1. The maximum absolute atomic E-state index is 13.5. The van der Waals surface area contributed by atoms with Crippen molar-refractivity contribution in [1.82, 2.24) is 0 Å². The molecule has 25 heavy (non-hydrogen) atoms. The lowest BCUT2D eigenvalue weighted by Gasteiger charge is -2.32. The van der Waals surface area contributed by atoms with E-state index in [-0.39, 0.29) is 19.3 Å². The second kappa shape index (κ2) is 8.30. The fourth-order valence-corrected chi connectivity index (χ4v) is 2.43. The monoisotopic (exact) mass is 398 g/mol. The normalized spacial score (nSPS) is 15.2. The van der Waals surface area contributed by atoms with Crippen molar-refractivity contribution < 1.29 is 49.2 Å². The zero-order valence-corrected chi connectivity index (χ0v) is 14.5. The summed E-state index contributed by atoms with van der Waals surface area (Å²) in [5.41, 5.74) is -1.60. The molecule has 0 spiro atoms. The number of hydrogen-bond acceptors (Lipinski definition) is 5. The second-order valence-electron chi connectivity index (χ2n) is 5.16. The topological polar surface area (TPSA) is 89.9 Å². The molecule has 12 heteroatoms. The van der Waals surface area contributed by atoms with Gasteiger partial charge in [-0.3, -0.25) is 9.35 Å². The van der Waals surface area contributed by atoms with Crippen LogP contribution in [0.25, 0.3) is 0 Å². The lowest BCUT2D eigenvalue weighted by Crippen LogP contribution is -2.53. The van der Waals surface area contributed by atoms with Crippen LogP contribution >= 0.6 is 0 Å². The smallest absolute Gasteiger partial charge is 0.432 e. The molecule has 1 atom stereocenters. The van der Waals surface area contributed by atoms with Gasteiger partial charge >= 0.3 is 27.5 Å². The fourth-order valence-electron chi connectivity index (χ4n) is 1.97. The van der Waals surface area contributed by atoms with Crippen LogP contribution in [0.3, 0.4) is 0 Å². The minimum Gasteiger partial charge on any atom is -0.505 e. The molecule has 0 saturated carbocycles. The number of rotatable bonds is 9. The molecule has 0 amide bonds. The predicted octanol–water partition coefficient (Wildman–Crippen LogP) is 3.30. The molecule has 0 fully saturated rings. The first-order chi connectivity index (χ1) is 11.2. The Balaban J connectivity index is 5.83. The number of alkyl halides is 5. The van der Waals surface area contributed by atoms with Crippen LogP contribution in [0.1, 0.15) is 33.1 Å². The van der Waals surface area contributed by atoms with Crippen LogP contribution in [0, 0.1) is 5.41 Å². The summed E-state index contributed by atoms with van der Waals surface area (Å²) in [4.78, 5) is 12.1. The Morgan fingerprint density at radius 1 is 1.16 bits per heavy atom. The van der Waals surface area contributed by atoms with E-state index in [1.54, 1.807) is 0 Å². The highest BCUT2D eigenvalue weighted by Crippen LogP contribution is 2.41. The highest BCUT2D eigenvalue weighted by molar-refractivity contribution is 7.86. The van der Waals surface area contributed by atoms with Gasteiger partial charge in [0.1, 0.15) is 0 Å². The van der Waals surface area contributed by atoms with Crippen molar-refractivity contribution in [2.45, 2.75) is 50.6 Å². The molecule has 0 rings (SSSR count). The van der Waals surface area contributed by atoms with Crippen LogP contribution in [-0.2, 0) is 24.4 Å². The zero-order valence-electron chi connectivity index (χ0n) is 13.6. The summed E-state index contributed by atoms with van der Waals surface area (Å²) in [7, 11) is -5.20. The van der Waals surface area contributed by atoms with Crippen LogP contribution in [0.4, 0.5) is 22.0 Å². The molecule has 148 valence electrons. The molecule has 0 aliphatic rings. The Bertz CT molecular complexity index is 580. The third kappa shape index (κ3) is 5.53. The van der Waals surface area contributed by atoms with E-state index in [0.717, 1.165) is 6.26 Å².